The van der Waals surface area contributed by atoms with Crippen molar-refractivity contribution in [3.63, 3.8) is 0 Å². The second kappa shape index (κ2) is 5.09. The highest BCUT2D eigenvalue weighted by molar-refractivity contribution is 7.10. The summed E-state index contributed by atoms with van der Waals surface area (Å²) in [5.74, 6) is -0.662. The quantitative estimate of drug-likeness (QED) is 0.909. The zero-order chi connectivity index (χ0) is 14.3. The summed E-state index contributed by atoms with van der Waals surface area (Å²) in [5.41, 5.74) is 1.26. The van der Waals surface area contributed by atoms with Crippen LogP contribution in [0.15, 0.2) is 11.4 Å². The van der Waals surface area contributed by atoms with Crippen LogP contribution in [0.2, 0.25) is 0 Å². The topological polar surface area (TPSA) is 60.9 Å². The van der Waals surface area contributed by atoms with Gasteiger partial charge >= 0.3 is 12.0 Å². The van der Waals surface area contributed by atoms with Crippen LogP contribution in [-0.4, -0.2) is 46.5 Å². The lowest BCUT2D eigenvalue weighted by Gasteiger charge is -2.44. The molecule has 0 radical (unpaired) electrons. The summed E-state index contributed by atoms with van der Waals surface area (Å²) in [4.78, 5) is 28.1. The van der Waals surface area contributed by atoms with Crippen molar-refractivity contribution in [3.8, 4) is 0 Å². The summed E-state index contributed by atoms with van der Waals surface area (Å²) in [6, 6.07) is 2.28. The molecule has 1 N–H and O–H groups in total. The van der Waals surface area contributed by atoms with E-state index in [4.69, 9.17) is 5.11 Å². The molecule has 1 aromatic rings. The highest BCUT2D eigenvalue weighted by Crippen LogP contribution is 2.34. The maximum absolute atomic E-state index is 12.5. The van der Waals surface area contributed by atoms with Crippen LogP contribution >= 0.6 is 11.3 Å². The van der Waals surface area contributed by atoms with Crippen LogP contribution < -0.4 is 0 Å². The van der Waals surface area contributed by atoms with Crippen LogP contribution in [0.4, 0.5) is 4.79 Å². The first kappa shape index (κ1) is 13.4. The minimum Gasteiger partial charge on any atom is -0.481 e. The number of amides is 2. The summed E-state index contributed by atoms with van der Waals surface area (Å²) in [5, 5.41) is 10.8. The number of carbonyl (C=O) groups excluding carboxylic acids is 1. The van der Waals surface area contributed by atoms with Crippen molar-refractivity contribution in [2.24, 2.45) is 5.92 Å². The molecule has 1 atom stereocenters. The molecule has 1 unspecified atom stereocenters. The van der Waals surface area contributed by atoms with Gasteiger partial charge in [0.1, 0.15) is 0 Å². The molecule has 3 rings (SSSR count). The smallest absolute Gasteiger partial charge is 0.320 e. The average molecular weight is 294 g/mol. The van der Waals surface area contributed by atoms with Gasteiger partial charge in [-0.15, -0.1) is 11.3 Å². The summed E-state index contributed by atoms with van der Waals surface area (Å²) in [6.45, 7) is 3.97. The molecule has 1 aromatic heterocycles. The van der Waals surface area contributed by atoms with Crippen molar-refractivity contribution in [1.82, 2.24) is 9.80 Å². The SMILES string of the molecule is CC1c2ccsc2CCN1C(=O)N1CC(CC(=O)O)C1. The number of likely N-dealkylation sites (tertiary alicyclic amines) is 1. The Morgan fingerprint density at radius 2 is 2.20 bits per heavy atom. The zero-order valence-electron chi connectivity index (χ0n) is 11.4. The monoisotopic (exact) mass is 294 g/mol. The Morgan fingerprint density at radius 3 is 2.90 bits per heavy atom. The molecular weight excluding hydrogens is 276 g/mol. The van der Waals surface area contributed by atoms with E-state index in [2.05, 4.69) is 18.4 Å². The zero-order valence-corrected chi connectivity index (χ0v) is 12.2. The number of fused-ring (bicyclic) bond motifs is 1. The third-order valence-corrected chi connectivity index (χ3v) is 5.21. The maximum atomic E-state index is 12.5. The van der Waals surface area contributed by atoms with E-state index in [1.54, 1.807) is 16.2 Å². The van der Waals surface area contributed by atoms with Gasteiger partial charge in [0, 0.05) is 30.4 Å². The molecule has 0 saturated carbocycles. The lowest BCUT2D eigenvalue weighted by atomic mass is 9.96. The van der Waals surface area contributed by atoms with E-state index in [9.17, 15) is 9.59 Å². The normalized spacial score (nSPS) is 22.4. The van der Waals surface area contributed by atoms with Crippen molar-refractivity contribution in [1.29, 1.82) is 0 Å². The number of carbonyl (C=O) groups is 2. The van der Waals surface area contributed by atoms with Crippen molar-refractivity contribution in [3.05, 3.63) is 21.9 Å². The largest absolute Gasteiger partial charge is 0.481 e. The molecule has 2 aliphatic heterocycles. The Hall–Kier alpha value is -1.56. The molecule has 0 spiro atoms. The van der Waals surface area contributed by atoms with Crippen LogP contribution in [0, 0.1) is 5.92 Å². The van der Waals surface area contributed by atoms with E-state index in [-0.39, 0.29) is 24.4 Å². The second-order valence-corrected chi connectivity index (χ2v) is 6.57. The standard InChI is InChI=1S/C14H18N2O3S/c1-9-11-3-5-20-12(11)2-4-16(9)14(19)15-7-10(8-15)6-13(17)18/h3,5,9-10H,2,4,6-8H2,1H3,(H,17,18). The molecule has 1 saturated heterocycles. The number of carboxylic acids is 1. The average Bonchev–Trinajstić information content (AvgIpc) is 2.82. The first-order chi connectivity index (χ1) is 9.56. The molecule has 2 amide bonds. The molecule has 0 aromatic carbocycles. The van der Waals surface area contributed by atoms with Crippen molar-refractivity contribution in [2.75, 3.05) is 19.6 Å². The van der Waals surface area contributed by atoms with Crippen LogP contribution in [0.25, 0.3) is 0 Å². The minimum absolute atomic E-state index is 0.0518. The van der Waals surface area contributed by atoms with Crippen molar-refractivity contribution < 1.29 is 14.7 Å². The molecule has 3 heterocycles. The van der Waals surface area contributed by atoms with Gasteiger partial charge in [-0.05, 0) is 30.4 Å². The third kappa shape index (κ3) is 2.28. The number of urea groups is 1. The van der Waals surface area contributed by atoms with Gasteiger partial charge < -0.3 is 14.9 Å². The van der Waals surface area contributed by atoms with E-state index < -0.39 is 5.97 Å². The van der Waals surface area contributed by atoms with Crippen LogP contribution in [0.1, 0.15) is 29.8 Å². The first-order valence-electron chi connectivity index (χ1n) is 6.90. The maximum Gasteiger partial charge on any atom is 0.320 e. The molecule has 1 fully saturated rings. The Bertz CT molecular complexity index is 536. The molecule has 108 valence electrons. The molecule has 2 aliphatic rings. The second-order valence-electron chi connectivity index (χ2n) is 5.57. The van der Waals surface area contributed by atoms with Gasteiger partial charge in [0.05, 0.1) is 12.5 Å². The van der Waals surface area contributed by atoms with E-state index >= 15 is 0 Å². The van der Waals surface area contributed by atoms with Crippen LogP contribution in [0.5, 0.6) is 0 Å². The Labute approximate surface area is 121 Å². The highest BCUT2D eigenvalue weighted by atomic mass is 32.1. The predicted octanol–water partition coefficient (Wildman–Crippen LogP) is 2.19. The molecule has 0 bridgehead atoms. The minimum atomic E-state index is -0.781. The van der Waals surface area contributed by atoms with E-state index in [0.717, 1.165) is 13.0 Å². The Kier molecular flexibility index (Phi) is 3.41. The fraction of sp³-hybridized carbons (Fsp3) is 0.571. The summed E-state index contributed by atoms with van der Waals surface area (Å²) < 4.78 is 0. The van der Waals surface area contributed by atoms with Gasteiger partial charge in [0.25, 0.3) is 0 Å². The number of thiophene rings is 1. The number of hydrogen-bond donors (Lipinski definition) is 1. The number of nitrogens with zero attached hydrogens (tertiary/aromatic N) is 2. The van der Waals surface area contributed by atoms with Crippen LogP contribution in [0.3, 0.4) is 0 Å². The van der Waals surface area contributed by atoms with Gasteiger partial charge in [-0.25, -0.2) is 4.79 Å². The summed E-state index contributed by atoms with van der Waals surface area (Å²) in [7, 11) is 0. The number of aliphatic carboxylic acids is 1. The number of rotatable bonds is 2. The molecule has 20 heavy (non-hydrogen) atoms. The number of hydrogen-bond acceptors (Lipinski definition) is 3. The Balaban J connectivity index is 1.61. The van der Waals surface area contributed by atoms with Gasteiger partial charge in [0.15, 0.2) is 0 Å². The third-order valence-electron chi connectivity index (χ3n) is 4.21. The van der Waals surface area contributed by atoms with Crippen LogP contribution in [-0.2, 0) is 11.2 Å². The van der Waals surface area contributed by atoms with Gasteiger partial charge in [-0.2, -0.15) is 0 Å². The number of carboxylic acid groups (broad SMARTS) is 1. The lowest BCUT2D eigenvalue weighted by Crippen LogP contribution is -2.56. The van der Waals surface area contributed by atoms with E-state index in [1.165, 1.54) is 10.4 Å². The summed E-state index contributed by atoms with van der Waals surface area (Å²) in [6.07, 6.45) is 1.09. The highest BCUT2D eigenvalue weighted by Gasteiger charge is 2.37. The lowest BCUT2D eigenvalue weighted by molar-refractivity contribution is -0.139. The van der Waals surface area contributed by atoms with Crippen molar-refractivity contribution >= 4 is 23.3 Å². The Morgan fingerprint density at radius 1 is 1.45 bits per heavy atom. The molecule has 0 aliphatic carbocycles. The molecule has 5 nitrogen and oxygen atoms in total. The van der Waals surface area contributed by atoms with Crippen molar-refractivity contribution in [2.45, 2.75) is 25.8 Å². The van der Waals surface area contributed by atoms with Gasteiger partial charge in [-0.3, -0.25) is 4.79 Å². The van der Waals surface area contributed by atoms with E-state index in [0.29, 0.717) is 13.1 Å². The van der Waals surface area contributed by atoms with Gasteiger partial charge in [0.2, 0.25) is 0 Å². The van der Waals surface area contributed by atoms with Gasteiger partial charge in [-0.1, -0.05) is 0 Å². The predicted molar refractivity (Wildman–Crippen MR) is 75.9 cm³/mol. The molecular formula is C14H18N2O3S. The fourth-order valence-electron chi connectivity index (χ4n) is 3.05. The molecule has 6 heteroatoms. The fourth-order valence-corrected chi connectivity index (χ4v) is 4.02. The van der Waals surface area contributed by atoms with E-state index in [1.807, 2.05) is 4.90 Å². The summed E-state index contributed by atoms with van der Waals surface area (Å²) >= 11 is 1.76. The first-order valence-corrected chi connectivity index (χ1v) is 7.78.